The van der Waals surface area contributed by atoms with Gasteiger partial charge in [0.15, 0.2) is 0 Å². The lowest BCUT2D eigenvalue weighted by molar-refractivity contribution is 0.415. The number of thiophene rings is 1. The molecule has 3 aromatic rings. The quantitative estimate of drug-likeness (QED) is 0.657. The van der Waals surface area contributed by atoms with E-state index in [1.807, 2.05) is 23.5 Å². The maximum Gasteiger partial charge on any atom is 0.121 e. The van der Waals surface area contributed by atoms with E-state index in [-0.39, 0.29) is 0 Å². The van der Waals surface area contributed by atoms with Crippen LogP contribution in [-0.4, -0.2) is 22.5 Å². The second-order valence-corrected chi connectivity index (χ2v) is 6.67. The Balaban J connectivity index is 2.06. The molecule has 0 amide bonds. The zero-order chi connectivity index (χ0) is 14.8. The Morgan fingerprint density at radius 2 is 2.14 bits per heavy atom. The molecule has 3 nitrogen and oxygen atoms in total. The fraction of sp³-hybridized carbons (Fsp3) is 0.312. The first kappa shape index (κ1) is 14.4. The standard InChI is InChI=1S/C16H17ClN2OS/c1-11-3-5-13(21-11)10-19-15-6-4-12(20-2)9-14(15)18-16(19)7-8-17/h3-6,9H,7-8,10H2,1-2H3. The van der Waals surface area contributed by atoms with Crippen LogP contribution >= 0.6 is 22.9 Å². The van der Waals surface area contributed by atoms with Crippen molar-refractivity contribution in [3.63, 3.8) is 0 Å². The maximum atomic E-state index is 5.93. The molecule has 0 bridgehead atoms. The molecule has 0 aliphatic heterocycles. The predicted octanol–water partition coefficient (Wildman–Crippen LogP) is 4.24. The summed E-state index contributed by atoms with van der Waals surface area (Å²) in [5.74, 6) is 2.43. The molecule has 1 aromatic carbocycles. The van der Waals surface area contributed by atoms with E-state index in [4.69, 9.17) is 21.3 Å². The number of halogens is 1. The number of ether oxygens (including phenoxy) is 1. The highest BCUT2D eigenvalue weighted by atomic mass is 35.5. The van der Waals surface area contributed by atoms with Crippen molar-refractivity contribution in [2.24, 2.45) is 0 Å². The van der Waals surface area contributed by atoms with Crippen molar-refractivity contribution in [1.29, 1.82) is 0 Å². The van der Waals surface area contributed by atoms with E-state index < -0.39 is 0 Å². The molecule has 0 radical (unpaired) electrons. The summed E-state index contributed by atoms with van der Waals surface area (Å²) in [6.07, 6.45) is 0.767. The van der Waals surface area contributed by atoms with Gasteiger partial charge in [-0.3, -0.25) is 0 Å². The smallest absolute Gasteiger partial charge is 0.121 e. The van der Waals surface area contributed by atoms with Gasteiger partial charge in [0.05, 0.1) is 24.7 Å². The summed E-state index contributed by atoms with van der Waals surface area (Å²) in [7, 11) is 1.67. The highest BCUT2D eigenvalue weighted by Gasteiger charge is 2.12. The van der Waals surface area contributed by atoms with E-state index in [1.165, 1.54) is 9.75 Å². The minimum atomic E-state index is 0.573. The van der Waals surface area contributed by atoms with Gasteiger partial charge in [0.25, 0.3) is 0 Å². The summed E-state index contributed by atoms with van der Waals surface area (Å²) in [4.78, 5) is 7.38. The Labute approximate surface area is 133 Å². The molecule has 110 valence electrons. The van der Waals surface area contributed by atoms with Crippen molar-refractivity contribution in [2.45, 2.75) is 19.9 Å². The fourth-order valence-electron chi connectivity index (χ4n) is 2.46. The molecule has 5 heteroatoms. The van der Waals surface area contributed by atoms with Gasteiger partial charge in [-0.05, 0) is 31.2 Å². The second-order valence-electron chi connectivity index (χ2n) is 4.92. The van der Waals surface area contributed by atoms with Gasteiger partial charge in [0.2, 0.25) is 0 Å². The molecule has 2 heterocycles. The van der Waals surface area contributed by atoms with Crippen LogP contribution in [0.4, 0.5) is 0 Å². The van der Waals surface area contributed by atoms with Gasteiger partial charge in [-0.2, -0.15) is 0 Å². The number of hydrogen-bond acceptors (Lipinski definition) is 3. The van der Waals surface area contributed by atoms with Crippen LogP contribution in [-0.2, 0) is 13.0 Å². The highest BCUT2D eigenvalue weighted by molar-refractivity contribution is 7.11. The van der Waals surface area contributed by atoms with Crippen LogP contribution in [0.3, 0.4) is 0 Å². The number of hydrogen-bond donors (Lipinski definition) is 0. The number of benzene rings is 1. The molecule has 0 atom stereocenters. The monoisotopic (exact) mass is 320 g/mol. The average Bonchev–Trinajstić information content (AvgIpc) is 3.04. The van der Waals surface area contributed by atoms with Gasteiger partial charge in [-0.15, -0.1) is 22.9 Å². The second kappa shape index (κ2) is 6.08. The third kappa shape index (κ3) is 2.92. The molecular weight excluding hydrogens is 304 g/mol. The molecule has 0 fully saturated rings. The summed E-state index contributed by atoms with van der Waals surface area (Å²) < 4.78 is 7.53. The summed E-state index contributed by atoms with van der Waals surface area (Å²) in [5, 5.41) is 0. The van der Waals surface area contributed by atoms with Crippen LogP contribution in [0.15, 0.2) is 30.3 Å². The van der Waals surface area contributed by atoms with E-state index >= 15 is 0 Å². The summed E-state index contributed by atoms with van der Waals surface area (Å²) in [6, 6.07) is 10.4. The topological polar surface area (TPSA) is 27.1 Å². The Kier molecular flexibility index (Phi) is 4.17. The van der Waals surface area contributed by atoms with Crippen LogP contribution in [0, 0.1) is 6.92 Å². The van der Waals surface area contributed by atoms with E-state index in [0.717, 1.165) is 35.6 Å². The molecule has 0 aliphatic carbocycles. The molecule has 21 heavy (non-hydrogen) atoms. The fourth-order valence-corrected chi connectivity index (χ4v) is 3.51. The predicted molar refractivity (Wildman–Crippen MR) is 88.9 cm³/mol. The van der Waals surface area contributed by atoms with Crippen molar-refractivity contribution in [3.8, 4) is 5.75 Å². The Morgan fingerprint density at radius 3 is 2.81 bits per heavy atom. The first-order valence-corrected chi connectivity index (χ1v) is 8.21. The zero-order valence-corrected chi connectivity index (χ0v) is 13.7. The number of alkyl halides is 1. The van der Waals surface area contributed by atoms with Gasteiger partial charge < -0.3 is 9.30 Å². The third-order valence-corrected chi connectivity index (χ3v) is 4.64. The van der Waals surface area contributed by atoms with Crippen molar-refractivity contribution >= 4 is 34.0 Å². The van der Waals surface area contributed by atoms with Crippen LogP contribution < -0.4 is 4.74 Å². The molecule has 0 saturated carbocycles. The number of imidazole rings is 1. The van der Waals surface area contributed by atoms with Gasteiger partial charge in [0, 0.05) is 28.1 Å². The molecule has 2 aromatic heterocycles. The van der Waals surface area contributed by atoms with Crippen LogP contribution in [0.5, 0.6) is 5.75 Å². The number of aryl methyl sites for hydroxylation is 2. The lowest BCUT2D eigenvalue weighted by Gasteiger charge is -2.07. The molecular formula is C16H17ClN2OS. The van der Waals surface area contributed by atoms with Gasteiger partial charge >= 0.3 is 0 Å². The van der Waals surface area contributed by atoms with E-state index in [9.17, 15) is 0 Å². The van der Waals surface area contributed by atoms with Crippen LogP contribution in [0.2, 0.25) is 0 Å². The van der Waals surface area contributed by atoms with Crippen molar-refractivity contribution in [3.05, 3.63) is 45.9 Å². The minimum absolute atomic E-state index is 0.573. The summed E-state index contributed by atoms with van der Waals surface area (Å²) >= 11 is 7.75. The SMILES string of the molecule is COc1ccc2c(c1)nc(CCCl)n2Cc1ccc(C)s1. The molecule has 0 spiro atoms. The van der Waals surface area contributed by atoms with E-state index in [1.54, 1.807) is 7.11 Å². The molecule has 3 rings (SSSR count). The first-order valence-electron chi connectivity index (χ1n) is 6.85. The Hall–Kier alpha value is -1.52. The summed E-state index contributed by atoms with van der Waals surface area (Å²) in [6.45, 7) is 2.97. The van der Waals surface area contributed by atoms with Gasteiger partial charge in [0.1, 0.15) is 11.6 Å². The number of methoxy groups -OCH3 is 1. The van der Waals surface area contributed by atoms with Crippen LogP contribution in [0.25, 0.3) is 11.0 Å². The average molecular weight is 321 g/mol. The first-order chi connectivity index (χ1) is 10.2. The number of nitrogens with zero attached hydrogens (tertiary/aromatic N) is 2. The van der Waals surface area contributed by atoms with E-state index in [0.29, 0.717) is 5.88 Å². The van der Waals surface area contributed by atoms with E-state index in [2.05, 4.69) is 29.7 Å². The number of aromatic nitrogens is 2. The van der Waals surface area contributed by atoms with Crippen molar-refractivity contribution < 1.29 is 4.74 Å². The van der Waals surface area contributed by atoms with Gasteiger partial charge in [-0.1, -0.05) is 0 Å². The van der Waals surface area contributed by atoms with Crippen LogP contribution in [0.1, 0.15) is 15.6 Å². The largest absolute Gasteiger partial charge is 0.497 e. The van der Waals surface area contributed by atoms with Gasteiger partial charge in [-0.25, -0.2) is 4.98 Å². The lowest BCUT2D eigenvalue weighted by atomic mass is 10.3. The Bertz CT molecular complexity index is 763. The zero-order valence-electron chi connectivity index (χ0n) is 12.1. The summed E-state index contributed by atoms with van der Waals surface area (Å²) in [5.41, 5.74) is 2.09. The normalized spacial score (nSPS) is 11.2. The molecule has 0 saturated heterocycles. The number of fused-ring (bicyclic) bond motifs is 1. The van der Waals surface area contributed by atoms with Crippen molar-refractivity contribution in [1.82, 2.24) is 9.55 Å². The highest BCUT2D eigenvalue weighted by Crippen LogP contribution is 2.25. The van der Waals surface area contributed by atoms with Crippen molar-refractivity contribution in [2.75, 3.05) is 13.0 Å². The molecule has 0 unspecified atom stereocenters. The Morgan fingerprint density at radius 1 is 1.29 bits per heavy atom. The lowest BCUT2D eigenvalue weighted by Crippen LogP contribution is -2.04. The molecule has 0 N–H and O–H groups in total. The third-order valence-electron chi connectivity index (χ3n) is 3.46. The molecule has 0 aliphatic rings. The maximum absolute atomic E-state index is 5.93. The number of rotatable bonds is 5. The minimum Gasteiger partial charge on any atom is -0.497 e.